The van der Waals surface area contributed by atoms with Crippen molar-refractivity contribution in [2.45, 2.75) is 20.4 Å². The predicted molar refractivity (Wildman–Crippen MR) is 114 cm³/mol. The van der Waals surface area contributed by atoms with Crippen molar-refractivity contribution in [1.29, 1.82) is 0 Å². The molecule has 6 nitrogen and oxygen atoms in total. The van der Waals surface area contributed by atoms with Gasteiger partial charge in [0.2, 0.25) is 5.95 Å². The number of hydrogen-bond acceptors (Lipinski definition) is 5. The lowest BCUT2D eigenvalue weighted by Gasteiger charge is -2.12. The summed E-state index contributed by atoms with van der Waals surface area (Å²) in [6, 6.07) is 14.0. The molecule has 0 aliphatic rings. The van der Waals surface area contributed by atoms with Crippen LogP contribution in [0.2, 0.25) is 5.02 Å². The number of benzene rings is 2. The van der Waals surface area contributed by atoms with Crippen LogP contribution in [0.1, 0.15) is 16.7 Å². The number of aryl methyl sites for hydroxylation is 3. The minimum Gasteiger partial charge on any atom is -0.350 e. The molecule has 0 amide bonds. The van der Waals surface area contributed by atoms with E-state index in [-0.39, 0.29) is 0 Å². The van der Waals surface area contributed by atoms with Crippen molar-refractivity contribution in [3.05, 3.63) is 70.4 Å². The van der Waals surface area contributed by atoms with Gasteiger partial charge in [0.15, 0.2) is 5.65 Å². The van der Waals surface area contributed by atoms with E-state index < -0.39 is 0 Å². The van der Waals surface area contributed by atoms with Crippen LogP contribution < -0.4 is 10.6 Å². The van der Waals surface area contributed by atoms with Gasteiger partial charge in [0.1, 0.15) is 5.82 Å². The molecule has 0 atom stereocenters. The first kappa shape index (κ1) is 18.3. The third-order valence-corrected chi connectivity index (χ3v) is 5.13. The van der Waals surface area contributed by atoms with Crippen LogP contribution in [-0.4, -0.2) is 19.7 Å². The molecule has 4 rings (SSSR count). The minimum absolute atomic E-state index is 0.516. The Morgan fingerprint density at radius 1 is 1.04 bits per heavy atom. The normalized spacial score (nSPS) is 11.0. The maximum absolute atomic E-state index is 6.25. The van der Waals surface area contributed by atoms with Gasteiger partial charge < -0.3 is 10.6 Å². The zero-order valence-electron chi connectivity index (χ0n) is 16.0. The van der Waals surface area contributed by atoms with Gasteiger partial charge in [0.05, 0.1) is 11.6 Å². The molecule has 0 fully saturated rings. The minimum atomic E-state index is 0.516. The summed E-state index contributed by atoms with van der Waals surface area (Å²) in [5.41, 5.74) is 5.19. The third kappa shape index (κ3) is 3.64. The van der Waals surface area contributed by atoms with E-state index in [0.29, 0.717) is 23.3 Å². The summed E-state index contributed by atoms with van der Waals surface area (Å²) in [5.74, 6) is 1.23. The van der Waals surface area contributed by atoms with Gasteiger partial charge in [0, 0.05) is 24.3 Å². The van der Waals surface area contributed by atoms with Crippen molar-refractivity contribution in [3.8, 4) is 0 Å². The van der Waals surface area contributed by atoms with Gasteiger partial charge in [-0.2, -0.15) is 15.1 Å². The van der Waals surface area contributed by atoms with E-state index in [0.717, 1.165) is 22.3 Å². The van der Waals surface area contributed by atoms with Gasteiger partial charge in [-0.3, -0.25) is 4.68 Å². The van der Waals surface area contributed by atoms with Crippen molar-refractivity contribution in [1.82, 2.24) is 19.7 Å². The lowest BCUT2D eigenvalue weighted by molar-refractivity contribution is 0.785. The van der Waals surface area contributed by atoms with Gasteiger partial charge in [-0.1, -0.05) is 35.9 Å². The zero-order chi connectivity index (χ0) is 19.7. The van der Waals surface area contributed by atoms with Gasteiger partial charge >= 0.3 is 0 Å². The Morgan fingerprint density at radius 2 is 1.86 bits per heavy atom. The van der Waals surface area contributed by atoms with Crippen molar-refractivity contribution >= 4 is 40.1 Å². The summed E-state index contributed by atoms with van der Waals surface area (Å²) >= 11 is 6.25. The van der Waals surface area contributed by atoms with Gasteiger partial charge in [-0.05, 0) is 48.7 Å². The largest absolute Gasteiger partial charge is 0.350 e. The highest BCUT2D eigenvalue weighted by molar-refractivity contribution is 6.31. The van der Waals surface area contributed by atoms with Gasteiger partial charge in [-0.15, -0.1) is 0 Å². The number of rotatable bonds is 5. The van der Waals surface area contributed by atoms with E-state index >= 15 is 0 Å². The Hall–Kier alpha value is -3.12. The third-order valence-electron chi connectivity index (χ3n) is 4.76. The molecule has 2 aromatic carbocycles. The second-order valence-electron chi connectivity index (χ2n) is 6.77. The highest BCUT2D eigenvalue weighted by Crippen LogP contribution is 2.26. The highest BCUT2D eigenvalue weighted by atomic mass is 35.5. The Morgan fingerprint density at radius 3 is 2.64 bits per heavy atom. The fourth-order valence-electron chi connectivity index (χ4n) is 2.97. The molecule has 0 unspecified atom stereocenters. The second-order valence-corrected chi connectivity index (χ2v) is 7.18. The summed E-state index contributed by atoms with van der Waals surface area (Å²) in [7, 11) is 1.87. The quantitative estimate of drug-likeness (QED) is 0.500. The number of anilines is 3. The Bertz CT molecular complexity index is 1150. The van der Waals surface area contributed by atoms with Crippen LogP contribution in [0.5, 0.6) is 0 Å². The molecule has 2 heterocycles. The first-order valence-corrected chi connectivity index (χ1v) is 9.40. The van der Waals surface area contributed by atoms with Gasteiger partial charge in [0.25, 0.3) is 0 Å². The van der Waals surface area contributed by atoms with Gasteiger partial charge in [-0.25, -0.2) is 0 Å². The number of hydrogen-bond donors (Lipinski definition) is 2. The van der Waals surface area contributed by atoms with E-state index in [1.165, 1.54) is 11.1 Å². The maximum atomic E-state index is 6.25. The lowest BCUT2D eigenvalue weighted by atomic mass is 10.1. The van der Waals surface area contributed by atoms with Crippen LogP contribution in [0.25, 0.3) is 11.0 Å². The van der Waals surface area contributed by atoms with Crippen LogP contribution in [0, 0.1) is 13.8 Å². The first-order chi connectivity index (χ1) is 13.5. The molecule has 0 radical (unpaired) electrons. The average Bonchev–Trinajstić information content (AvgIpc) is 3.05. The molecule has 2 N–H and O–H groups in total. The monoisotopic (exact) mass is 392 g/mol. The van der Waals surface area contributed by atoms with Crippen LogP contribution >= 0.6 is 11.6 Å². The Balaban J connectivity index is 1.67. The summed E-state index contributed by atoms with van der Waals surface area (Å²) in [4.78, 5) is 9.29. The number of halogens is 1. The van der Waals surface area contributed by atoms with Crippen LogP contribution in [0.15, 0.2) is 48.7 Å². The first-order valence-electron chi connectivity index (χ1n) is 9.02. The fourth-order valence-corrected chi connectivity index (χ4v) is 3.17. The second kappa shape index (κ2) is 7.48. The number of fused-ring (bicyclic) bond motifs is 1. The van der Waals surface area contributed by atoms with E-state index in [2.05, 4.69) is 51.7 Å². The highest BCUT2D eigenvalue weighted by Gasteiger charge is 2.12. The molecule has 0 spiro atoms. The van der Waals surface area contributed by atoms with Crippen molar-refractivity contribution < 1.29 is 0 Å². The molecule has 2 aromatic heterocycles. The predicted octanol–water partition coefficient (Wildman–Crippen LogP) is 4.99. The number of nitrogens with zero attached hydrogens (tertiary/aromatic N) is 4. The average molecular weight is 393 g/mol. The Labute approximate surface area is 168 Å². The molecule has 28 heavy (non-hydrogen) atoms. The van der Waals surface area contributed by atoms with Crippen molar-refractivity contribution in [2.75, 3.05) is 10.6 Å². The molecule has 7 heteroatoms. The summed E-state index contributed by atoms with van der Waals surface area (Å²) in [6.45, 7) is 4.72. The molecule has 0 saturated heterocycles. The molecular formula is C21H21ClN6. The summed E-state index contributed by atoms with van der Waals surface area (Å²) < 4.78 is 1.74. The fraction of sp³-hybridized carbons (Fsp3) is 0.190. The smallest absolute Gasteiger partial charge is 0.227 e. The SMILES string of the molecule is Cc1ccc(Nc2nc(NCc3ccccc3Cl)nc3c2cnn3C)cc1C. The van der Waals surface area contributed by atoms with Crippen LogP contribution in [-0.2, 0) is 13.6 Å². The molecular weight excluding hydrogens is 372 g/mol. The zero-order valence-corrected chi connectivity index (χ0v) is 16.7. The molecule has 0 aliphatic heterocycles. The number of aromatic nitrogens is 4. The molecule has 0 bridgehead atoms. The van der Waals surface area contributed by atoms with Crippen molar-refractivity contribution in [3.63, 3.8) is 0 Å². The Kier molecular flexibility index (Phi) is 4.88. The van der Waals surface area contributed by atoms with Crippen LogP contribution in [0.4, 0.5) is 17.5 Å². The topological polar surface area (TPSA) is 67.7 Å². The maximum Gasteiger partial charge on any atom is 0.227 e. The molecule has 4 aromatic rings. The van der Waals surface area contributed by atoms with E-state index in [9.17, 15) is 0 Å². The van der Waals surface area contributed by atoms with Crippen LogP contribution in [0.3, 0.4) is 0 Å². The number of nitrogens with one attached hydrogen (secondary N) is 2. The standard InChI is InChI=1S/C21H21ClN6/c1-13-8-9-16(10-14(13)2)25-19-17-12-24-28(3)20(17)27-21(26-19)23-11-15-6-4-5-7-18(15)22/h4-10,12H,11H2,1-3H3,(H2,23,25,26,27). The summed E-state index contributed by atoms with van der Waals surface area (Å²) in [5, 5.41) is 12.6. The van der Waals surface area contributed by atoms with E-state index in [4.69, 9.17) is 11.6 Å². The lowest BCUT2D eigenvalue weighted by Crippen LogP contribution is -2.07. The van der Waals surface area contributed by atoms with Crippen molar-refractivity contribution in [2.24, 2.45) is 7.05 Å². The van der Waals surface area contributed by atoms with E-state index in [1.807, 2.05) is 37.4 Å². The molecule has 0 aliphatic carbocycles. The molecule has 142 valence electrons. The van der Waals surface area contributed by atoms with E-state index in [1.54, 1.807) is 10.9 Å². The molecule has 0 saturated carbocycles. The summed E-state index contributed by atoms with van der Waals surface area (Å²) in [6.07, 6.45) is 1.77.